The van der Waals surface area contributed by atoms with Gasteiger partial charge in [-0.25, -0.2) is 4.39 Å². The molecular formula is C16H20ClFN2O. The van der Waals surface area contributed by atoms with Crippen LogP contribution >= 0.6 is 11.6 Å². The van der Waals surface area contributed by atoms with Crippen molar-refractivity contribution in [3.05, 3.63) is 34.6 Å². The van der Waals surface area contributed by atoms with Crippen LogP contribution in [0.2, 0.25) is 5.02 Å². The van der Waals surface area contributed by atoms with E-state index in [2.05, 4.69) is 5.32 Å². The van der Waals surface area contributed by atoms with Crippen LogP contribution in [0.4, 0.5) is 4.39 Å². The van der Waals surface area contributed by atoms with Gasteiger partial charge in [-0.2, -0.15) is 0 Å². The molecule has 0 unspecified atom stereocenters. The number of nitrogens with zero attached hydrogens (tertiary/aromatic N) is 1. The van der Waals surface area contributed by atoms with Crippen LogP contribution < -0.4 is 5.32 Å². The molecule has 3 nitrogen and oxygen atoms in total. The number of amides is 1. The summed E-state index contributed by atoms with van der Waals surface area (Å²) in [6.45, 7) is 1.16. The van der Waals surface area contributed by atoms with E-state index in [1.165, 1.54) is 6.07 Å². The smallest absolute Gasteiger partial charge is 0.240 e. The van der Waals surface area contributed by atoms with Gasteiger partial charge in [0.2, 0.25) is 5.91 Å². The SMILES string of the molecule is O=C([C@@H]1CCCCN1)N(Cc1c(F)cccc1Cl)C1CC1. The maximum absolute atomic E-state index is 14.0. The average Bonchev–Trinajstić information content (AvgIpc) is 3.32. The molecule has 1 aromatic rings. The fourth-order valence-corrected chi connectivity index (χ4v) is 3.11. The lowest BCUT2D eigenvalue weighted by Crippen LogP contribution is -2.49. The molecule has 1 saturated carbocycles. The Bertz CT molecular complexity index is 507. The largest absolute Gasteiger partial charge is 0.334 e. The number of nitrogens with one attached hydrogen (secondary N) is 1. The van der Waals surface area contributed by atoms with Crippen LogP contribution in [0, 0.1) is 5.82 Å². The van der Waals surface area contributed by atoms with Crippen molar-refractivity contribution in [2.45, 2.75) is 50.7 Å². The zero-order chi connectivity index (χ0) is 14.8. The fourth-order valence-electron chi connectivity index (χ4n) is 2.89. The summed E-state index contributed by atoms with van der Waals surface area (Å²) >= 11 is 6.10. The number of carbonyl (C=O) groups is 1. The summed E-state index contributed by atoms with van der Waals surface area (Å²) in [6.07, 6.45) is 5.07. The first-order chi connectivity index (χ1) is 10.2. The molecule has 1 saturated heterocycles. The van der Waals surface area contributed by atoms with Crippen molar-refractivity contribution >= 4 is 17.5 Å². The monoisotopic (exact) mass is 310 g/mol. The Kier molecular flexibility index (Phi) is 4.45. The molecule has 1 heterocycles. The molecular weight excluding hydrogens is 291 g/mol. The van der Waals surface area contributed by atoms with Gasteiger partial charge in [-0.1, -0.05) is 24.1 Å². The zero-order valence-corrected chi connectivity index (χ0v) is 12.7. The van der Waals surface area contributed by atoms with Crippen LogP contribution in [0.1, 0.15) is 37.7 Å². The maximum Gasteiger partial charge on any atom is 0.240 e. The third kappa shape index (κ3) is 3.38. The number of hydrogen-bond acceptors (Lipinski definition) is 2. The first-order valence-corrected chi connectivity index (χ1v) is 8.01. The number of benzene rings is 1. The van der Waals surface area contributed by atoms with E-state index in [1.807, 2.05) is 4.90 Å². The zero-order valence-electron chi connectivity index (χ0n) is 11.9. The van der Waals surface area contributed by atoms with E-state index >= 15 is 0 Å². The molecule has 114 valence electrons. The van der Waals surface area contributed by atoms with Crippen LogP contribution in [0.15, 0.2) is 18.2 Å². The highest BCUT2D eigenvalue weighted by Gasteiger charge is 2.36. The molecule has 3 rings (SSSR count). The predicted octanol–water partition coefficient (Wildman–Crippen LogP) is 3.11. The van der Waals surface area contributed by atoms with Crippen LogP contribution in [0.25, 0.3) is 0 Å². The molecule has 1 aliphatic carbocycles. The molecule has 1 aliphatic heterocycles. The van der Waals surface area contributed by atoms with Gasteiger partial charge in [-0.15, -0.1) is 0 Å². The number of halogens is 2. The maximum atomic E-state index is 14.0. The topological polar surface area (TPSA) is 32.3 Å². The van der Waals surface area contributed by atoms with Gasteiger partial charge in [0, 0.05) is 16.6 Å². The third-order valence-corrected chi connectivity index (χ3v) is 4.62. The van der Waals surface area contributed by atoms with Gasteiger partial charge < -0.3 is 10.2 Å². The molecule has 21 heavy (non-hydrogen) atoms. The molecule has 1 aromatic carbocycles. The Labute approximate surface area is 129 Å². The second kappa shape index (κ2) is 6.32. The summed E-state index contributed by atoms with van der Waals surface area (Å²) in [4.78, 5) is 14.5. The molecule has 0 aromatic heterocycles. The second-order valence-corrected chi connectivity index (χ2v) is 6.31. The number of carbonyl (C=O) groups excluding carboxylic acids is 1. The van der Waals surface area contributed by atoms with Crippen LogP contribution in [-0.2, 0) is 11.3 Å². The third-order valence-electron chi connectivity index (χ3n) is 4.27. The second-order valence-electron chi connectivity index (χ2n) is 5.90. The Balaban J connectivity index is 1.77. The van der Waals surface area contributed by atoms with Crippen LogP contribution in [0.3, 0.4) is 0 Å². The van der Waals surface area contributed by atoms with Gasteiger partial charge in [0.1, 0.15) is 5.82 Å². The number of rotatable bonds is 4. The van der Waals surface area contributed by atoms with Gasteiger partial charge in [0.15, 0.2) is 0 Å². The summed E-state index contributed by atoms with van der Waals surface area (Å²) < 4.78 is 14.0. The lowest BCUT2D eigenvalue weighted by atomic mass is 10.0. The Hall–Kier alpha value is -1.13. The lowest BCUT2D eigenvalue weighted by Gasteiger charge is -2.30. The normalized spacial score (nSPS) is 22.1. The molecule has 1 atom stereocenters. The summed E-state index contributed by atoms with van der Waals surface area (Å²) in [6, 6.07) is 4.79. The van der Waals surface area contributed by atoms with E-state index < -0.39 is 0 Å². The van der Waals surface area contributed by atoms with Crippen molar-refractivity contribution in [3.8, 4) is 0 Å². The quantitative estimate of drug-likeness (QED) is 0.927. The first kappa shape index (κ1) is 14.8. The van der Waals surface area contributed by atoms with Gasteiger partial charge in [-0.3, -0.25) is 4.79 Å². The van der Waals surface area contributed by atoms with Crippen molar-refractivity contribution in [2.24, 2.45) is 0 Å². The van der Waals surface area contributed by atoms with Crippen molar-refractivity contribution < 1.29 is 9.18 Å². The Morgan fingerprint density at radius 2 is 2.14 bits per heavy atom. The van der Waals surface area contributed by atoms with Crippen LogP contribution in [-0.4, -0.2) is 29.4 Å². The molecule has 1 amide bonds. The standard InChI is InChI=1S/C16H20ClFN2O/c17-13-4-3-5-14(18)12(13)10-20(11-7-8-11)16(21)15-6-1-2-9-19-15/h3-5,11,15,19H,1-2,6-10H2/t15-/m0/s1. The van der Waals surface area contributed by atoms with Crippen LogP contribution in [0.5, 0.6) is 0 Å². The van der Waals surface area contributed by atoms with E-state index in [-0.39, 0.29) is 30.4 Å². The molecule has 5 heteroatoms. The van der Waals surface area contributed by atoms with E-state index in [0.29, 0.717) is 10.6 Å². The average molecular weight is 311 g/mol. The first-order valence-electron chi connectivity index (χ1n) is 7.63. The molecule has 0 radical (unpaired) electrons. The van der Waals surface area contributed by atoms with E-state index in [1.54, 1.807) is 12.1 Å². The summed E-state index contributed by atoms with van der Waals surface area (Å²) in [5.41, 5.74) is 0.426. The molecule has 1 N–H and O–H groups in total. The molecule has 2 aliphatic rings. The van der Waals surface area contributed by atoms with Crippen molar-refractivity contribution in [3.63, 3.8) is 0 Å². The van der Waals surface area contributed by atoms with Gasteiger partial charge in [-0.05, 0) is 44.4 Å². The highest BCUT2D eigenvalue weighted by atomic mass is 35.5. The summed E-state index contributed by atoms with van der Waals surface area (Å²) in [5.74, 6) is -0.242. The van der Waals surface area contributed by atoms with E-state index in [4.69, 9.17) is 11.6 Å². The minimum atomic E-state index is -0.336. The van der Waals surface area contributed by atoms with Crippen molar-refractivity contribution in [1.82, 2.24) is 10.2 Å². The lowest BCUT2D eigenvalue weighted by molar-refractivity contribution is -0.135. The molecule has 0 bridgehead atoms. The highest BCUT2D eigenvalue weighted by molar-refractivity contribution is 6.31. The highest BCUT2D eigenvalue weighted by Crippen LogP contribution is 2.31. The molecule has 0 spiro atoms. The minimum absolute atomic E-state index is 0.0940. The van der Waals surface area contributed by atoms with Gasteiger partial charge >= 0.3 is 0 Å². The minimum Gasteiger partial charge on any atom is -0.334 e. The number of hydrogen-bond donors (Lipinski definition) is 1. The predicted molar refractivity (Wildman–Crippen MR) is 80.6 cm³/mol. The summed E-state index contributed by atoms with van der Waals surface area (Å²) in [7, 11) is 0. The van der Waals surface area contributed by atoms with E-state index in [0.717, 1.165) is 38.6 Å². The van der Waals surface area contributed by atoms with E-state index in [9.17, 15) is 9.18 Å². The van der Waals surface area contributed by atoms with Crippen molar-refractivity contribution in [1.29, 1.82) is 0 Å². The summed E-state index contributed by atoms with van der Waals surface area (Å²) in [5, 5.41) is 3.67. The van der Waals surface area contributed by atoms with Gasteiger partial charge in [0.25, 0.3) is 0 Å². The van der Waals surface area contributed by atoms with Gasteiger partial charge in [0.05, 0.1) is 12.6 Å². The Morgan fingerprint density at radius 1 is 1.33 bits per heavy atom. The fraction of sp³-hybridized carbons (Fsp3) is 0.562. The number of piperidine rings is 1. The Morgan fingerprint density at radius 3 is 2.76 bits per heavy atom. The molecule has 2 fully saturated rings. The van der Waals surface area contributed by atoms with Crippen molar-refractivity contribution in [2.75, 3.05) is 6.54 Å².